The topological polar surface area (TPSA) is 65.1 Å². The van der Waals surface area contributed by atoms with Gasteiger partial charge in [0.15, 0.2) is 5.82 Å². The first-order chi connectivity index (χ1) is 10.6. The van der Waals surface area contributed by atoms with Crippen LogP contribution in [0, 0.1) is 12.7 Å². The highest BCUT2D eigenvalue weighted by Gasteiger charge is 2.25. The van der Waals surface area contributed by atoms with Crippen molar-refractivity contribution >= 4 is 5.91 Å². The molecule has 0 bridgehead atoms. The van der Waals surface area contributed by atoms with Crippen molar-refractivity contribution in [2.24, 2.45) is 0 Å². The Hall–Kier alpha value is -2.28. The minimum atomic E-state index is -0.270. The summed E-state index contributed by atoms with van der Waals surface area (Å²) in [5, 5.41) is 6.87. The Kier molecular flexibility index (Phi) is 4.15. The van der Waals surface area contributed by atoms with Gasteiger partial charge in [-0.2, -0.15) is 5.10 Å². The minimum Gasteiger partial charge on any atom is -0.336 e. The number of nitrogens with zero attached hydrogens (tertiary/aromatic N) is 4. The number of benzene rings is 1. The summed E-state index contributed by atoms with van der Waals surface area (Å²) in [6.45, 7) is 4.32. The number of piperazine rings is 1. The molecule has 1 aliphatic rings. The number of carbonyl (C=O) groups is 1. The van der Waals surface area contributed by atoms with Crippen LogP contribution in [0.15, 0.2) is 24.3 Å². The van der Waals surface area contributed by atoms with E-state index < -0.39 is 0 Å². The number of carbonyl (C=O) groups excluding carboxylic acids is 1. The molecule has 1 N–H and O–H groups in total. The summed E-state index contributed by atoms with van der Waals surface area (Å²) in [5.41, 5.74) is 0.550. The molecule has 3 rings (SSSR count). The number of hydrogen-bond donors (Lipinski definition) is 1. The quantitative estimate of drug-likeness (QED) is 0.918. The van der Waals surface area contributed by atoms with Gasteiger partial charge in [0.2, 0.25) is 5.91 Å². The van der Waals surface area contributed by atoms with Crippen LogP contribution in [-0.4, -0.2) is 50.5 Å². The molecular weight excluding hydrogens is 285 g/mol. The SMILES string of the molecule is Cc1nc(CN2CCN(Cc3ccccc3F)C(=O)C2)n[nH]1. The zero-order valence-electron chi connectivity index (χ0n) is 12.4. The van der Waals surface area contributed by atoms with Crippen LogP contribution in [-0.2, 0) is 17.9 Å². The summed E-state index contributed by atoms with van der Waals surface area (Å²) < 4.78 is 13.7. The lowest BCUT2D eigenvalue weighted by atomic mass is 10.2. The molecule has 2 heterocycles. The van der Waals surface area contributed by atoms with Crippen LogP contribution in [0.4, 0.5) is 4.39 Å². The monoisotopic (exact) mass is 303 g/mol. The Labute approximate surface area is 128 Å². The molecule has 1 aromatic carbocycles. The Morgan fingerprint density at radius 2 is 2.09 bits per heavy atom. The number of H-pyrrole nitrogens is 1. The summed E-state index contributed by atoms with van der Waals surface area (Å²) in [4.78, 5) is 20.2. The van der Waals surface area contributed by atoms with Crippen molar-refractivity contribution in [1.82, 2.24) is 25.0 Å². The Bertz CT molecular complexity index is 671. The van der Waals surface area contributed by atoms with Crippen LogP contribution in [0.1, 0.15) is 17.2 Å². The second-order valence-corrected chi connectivity index (χ2v) is 5.45. The van der Waals surface area contributed by atoms with Gasteiger partial charge in [0.25, 0.3) is 0 Å². The number of aromatic nitrogens is 3. The van der Waals surface area contributed by atoms with Crippen LogP contribution in [0.3, 0.4) is 0 Å². The lowest BCUT2D eigenvalue weighted by molar-refractivity contribution is -0.137. The lowest BCUT2D eigenvalue weighted by Gasteiger charge is -2.33. The van der Waals surface area contributed by atoms with Crippen molar-refractivity contribution in [1.29, 1.82) is 0 Å². The smallest absolute Gasteiger partial charge is 0.237 e. The molecule has 1 amide bonds. The van der Waals surface area contributed by atoms with Gasteiger partial charge in [-0.15, -0.1) is 0 Å². The molecule has 0 atom stereocenters. The van der Waals surface area contributed by atoms with Crippen molar-refractivity contribution in [2.75, 3.05) is 19.6 Å². The molecular formula is C15H18FN5O. The predicted molar refractivity (Wildman–Crippen MR) is 78.2 cm³/mol. The number of hydrogen-bond acceptors (Lipinski definition) is 4. The van der Waals surface area contributed by atoms with Gasteiger partial charge >= 0.3 is 0 Å². The van der Waals surface area contributed by atoms with Gasteiger partial charge in [-0.3, -0.25) is 14.8 Å². The van der Waals surface area contributed by atoms with Gasteiger partial charge < -0.3 is 4.90 Å². The normalized spacial score (nSPS) is 16.3. The maximum Gasteiger partial charge on any atom is 0.237 e. The Balaban J connectivity index is 1.58. The number of halogens is 1. The number of amides is 1. The van der Waals surface area contributed by atoms with E-state index in [9.17, 15) is 9.18 Å². The molecule has 0 aliphatic carbocycles. The number of aromatic amines is 1. The van der Waals surface area contributed by atoms with Gasteiger partial charge in [0.1, 0.15) is 11.6 Å². The highest BCUT2D eigenvalue weighted by atomic mass is 19.1. The van der Waals surface area contributed by atoms with Crippen molar-refractivity contribution in [3.63, 3.8) is 0 Å². The van der Waals surface area contributed by atoms with Crippen molar-refractivity contribution in [3.8, 4) is 0 Å². The molecule has 0 radical (unpaired) electrons. The molecule has 6 nitrogen and oxygen atoms in total. The molecule has 0 unspecified atom stereocenters. The Morgan fingerprint density at radius 3 is 2.77 bits per heavy atom. The largest absolute Gasteiger partial charge is 0.336 e. The van der Waals surface area contributed by atoms with E-state index in [1.165, 1.54) is 6.07 Å². The molecule has 1 saturated heterocycles. The first kappa shape index (κ1) is 14.6. The molecule has 1 aromatic heterocycles. The third kappa shape index (κ3) is 3.30. The van der Waals surface area contributed by atoms with Crippen molar-refractivity contribution in [3.05, 3.63) is 47.3 Å². The summed E-state index contributed by atoms with van der Waals surface area (Å²) >= 11 is 0. The predicted octanol–water partition coefficient (Wildman–Crippen LogP) is 1.10. The zero-order chi connectivity index (χ0) is 15.5. The van der Waals surface area contributed by atoms with E-state index in [0.717, 1.165) is 12.4 Å². The fourth-order valence-electron chi connectivity index (χ4n) is 2.55. The van der Waals surface area contributed by atoms with E-state index in [4.69, 9.17) is 0 Å². The minimum absolute atomic E-state index is 0.00163. The summed E-state index contributed by atoms with van der Waals surface area (Å²) in [6.07, 6.45) is 0. The number of rotatable bonds is 4. The van der Waals surface area contributed by atoms with Crippen molar-refractivity contribution in [2.45, 2.75) is 20.0 Å². The van der Waals surface area contributed by atoms with Crippen LogP contribution in [0.25, 0.3) is 0 Å². The first-order valence-corrected chi connectivity index (χ1v) is 7.23. The lowest BCUT2D eigenvalue weighted by Crippen LogP contribution is -2.49. The highest BCUT2D eigenvalue weighted by Crippen LogP contribution is 2.13. The van der Waals surface area contributed by atoms with Gasteiger partial charge in [0, 0.05) is 25.2 Å². The summed E-state index contributed by atoms with van der Waals surface area (Å²) in [5.74, 6) is 1.18. The van der Waals surface area contributed by atoms with E-state index in [1.807, 2.05) is 11.8 Å². The van der Waals surface area contributed by atoms with E-state index in [0.29, 0.717) is 37.6 Å². The summed E-state index contributed by atoms with van der Waals surface area (Å²) in [6, 6.07) is 6.56. The second-order valence-electron chi connectivity index (χ2n) is 5.45. The van der Waals surface area contributed by atoms with Crippen LogP contribution in [0.5, 0.6) is 0 Å². The fraction of sp³-hybridized carbons (Fsp3) is 0.400. The van der Waals surface area contributed by atoms with E-state index in [1.54, 1.807) is 23.1 Å². The molecule has 116 valence electrons. The number of aryl methyl sites for hydroxylation is 1. The maximum absolute atomic E-state index is 13.7. The van der Waals surface area contributed by atoms with Crippen LogP contribution < -0.4 is 0 Å². The van der Waals surface area contributed by atoms with Crippen LogP contribution in [0.2, 0.25) is 0 Å². The third-order valence-electron chi connectivity index (χ3n) is 3.73. The third-order valence-corrected chi connectivity index (χ3v) is 3.73. The van der Waals surface area contributed by atoms with Gasteiger partial charge in [0.05, 0.1) is 13.1 Å². The molecule has 1 aliphatic heterocycles. The van der Waals surface area contributed by atoms with Crippen LogP contribution >= 0.6 is 0 Å². The molecule has 7 heteroatoms. The van der Waals surface area contributed by atoms with Gasteiger partial charge in [-0.25, -0.2) is 9.37 Å². The van der Waals surface area contributed by atoms with E-state index in [-0.39, 0.29) is 11.7 Å². The van der Waals surface area contributed by atoms with E-state index >= 15 is 0 Å². The molecule has 0 spiro atoms. The van der Waals surface area contributed by atoms with E-state index in [2.05, 4.69) is 15.2 Å². The fourth-order valence-corrected chi connectivity index (χ4v) is 2.55. The standard InChI is InChI=1S/C15H18FN5O/c1-11-17-14(19-18-11)9-20-6-7-21(15(22)10-20)8-12-4-2-3-5-13(12)16/h2-5H,6-10H2,1H3,(H,17,18,19). The second kappa shape index (κ2) is 6.23. The highest BCUT2D eigenvalue weighted by molar-refractivity contribution is 5.79. The van der Waals surface area contributed by atoms with Crippen molar-refractivity contribution < 1.29 is 9.18 Å². The van der Waals surface area contributed by atoms with Gasteiger partial charge in [-0.05, 0) is 13.0 Å². The first-order valence-electron chi connectivity index (χ1n) is 7.23. The maximum atomic E-state index is 13.7. The molecule has 22 heavy (non-hydrogen) atoms. The average molecular weight is 303 g/mol. The molecule has 1 fully saturated rings. The Morgan fingerprint density at radius 1 is 1.27 bits per heavy atom. The number of nitrogens with one attached hydrogen (secondary N) is 1. The molecule has 2 aromatic rings. The molecule has 0 saturated carbocycles. The zero-order valence-corrected chi connectivity index (χ0v) is 12.4. The summed E-state index contributed by atoms with van der Waals surface area (Å²) in [7, 11) is 0. The van der Waals surface area contributed by atoms with Gasteiger partial charge in [-0.1, -0.05) is 18.2 Å². The average Bonchev–Trinajstić information content (AvgIpc) is 2.89.